The first-order valence-corrected chi connectivity index (χ1v) is 9.45. The summed E-state index contributed by atoms with van der Waals surface area (Å²) in [5.41, 5.74) is 3.36. The molecule has 0 unspecified atom stereocenters. The largest absolute Gasteiger partial charge is 0.493 e. The van der Waals surface area contributed by atoms with Gasteiger partial charge in [-0.1, -0.05) is 12.1 Å². The summed E-state index contributed by atoms with van der Waals surface area (Å²) in [7, 11) is 1.49. The minimum atomic E-state index is -0.610. The summed E-state index contributed by atoms with van der Waals surface area (Å²) in [5, 5.41) is 0. The van der Waals surface area contributed by atoms with Crippen molar-refractivity contribution < 1.29 is 28.5 Å². The van der Waals surface area contributed by atoms with E-state index in [-0.39, 0.29) is 18.0 Å². The SMILES string of the molecule is COc1cc(C(=O)OCC(=O)c2ccc3c(c2)CCCC3)cc2c1OCCO2. The van der Waals surface area contributed by atoms with Gasteiger partial charge in [0.05, 0.1) is 12.7 Å². The zero-order valence-electron chi connectivity index (χ0n) is 15.8. The number of fused-ring (bicyclic) bond motifs is 2. The fraction of sp³-hybridized carbons (Fsp3) is 0.364. The molecule has 0 saturated carbocycles. The molecule has 2 aromatic rings. The van der Waals surface area contributed by atoms with Gasteiger partial charge in [-0.05, 0) is 55.0 Å². The van der Waals surface area contributed by atoms with E-state index < -0.39 is 5.97 Å². The number of Topliss-reactive ketones (excluding diaryl/α,β-unsaturated/α-hetero) is 1. The summed E-state index contributed by atoms with van der Waals surface area (Å²) in [4.78, 5) is 24.9. The highest BCUT2D eigenvalue weighted by Gasteiger charge is 2.22. The van der Waals surface area contributed by atoms with Crippen molar-refractivity contribution in [3.05, 3.63) is 52.6 Å². The van der Waals surface area contributed by atoms with Crippen LogP contribution in [-0.4, -0.2) is 38.7 Å². The molecule has 2 aromatic carbocycles. The Morgan fingerprint density at radius 3 is 2.57 bits per heavy atom. The second kappa shape index (κ2) is 7.92. The van der Waals surface area contributed by atoms with Crippen LogP contribution in [0.1, 0.15) is 44.7 Å². The predicted octanol–water partition coefficient (Wildman–Crippen LogP) is 3.38. The maximum absolute atomic E-state index is 12.5. The van der Waals surface area contributed by atoms with Crippen molar-refractivity contribution in [3.8, 4) is 17.2 Å². The molecule has 0 spiro atoms. The van der Waals surface area contributed by atoms with Crippen molar-refractivity contribution in [2.24, 2.45) is 0 Å². The topological polar surface area (TPSA) is 71.1 Å². The van der Waals surface area contributed by atoms with Gasteiger partial charge in [0.25, 0.3) is 0 Å². The Morgan fingerprint density at radius 1 is 0.964 bits per heavy atom. The van der Waals surface area contributed by atoms with Crippen LogP contribution >= 0.6 is 0 Å². The number of ketones is 1. The van der Waals surface area contributed by atoms with Crippen LogP contribution < -0.4 is 14.2 Å². The Hall–Kier alpha value is -3.02. The van der Waals surface area contributed by atoms with E-state index in [0.29, 0.717) is 36.0 Å². The molecule has 1 heterocycles. The summed E-state index contributed by atoms with van der Waals surface area (Å²) in [6.07, 6.45) is 4.39. The average molecular weight is 382 g/mol. The summed E-state index contributed by atoms with van der Waals surface area (Å²) in [6.45, 7) is 0.502. The van der Waals surface area contributed by atoms with Gasteiger partial charge < -0.3 is 18.9 Å². The maximum Gasteiger partial charge on any atom is 0.338 e. The fourth-order valence-electron chi connectivity index (χ4n) is 3.60. The third-order valence-corrected chi connectivity index (χ3v) is 5.07. The quantitative estimate of drug-likeness (QED) is 0.583. The molecule has 0 aromatic heterocycles. The first-order chi connectivity index (χ1) is 13.7. The number of carbonyl (C=O) groups excluding carboxylic acids is 2. The van der Waals surface area contributed by atoms with Crippen LogP contribution in [0.3, 0.4) is 0 Å². The zero-order chi connectivity index (χ0) is 19.5. The highest BCUT2D eigenvalue weighted by Crippen LogP contribution is 2.40. The first kappa shape index (κ1) is 18.3. The van der Waals surface area contributed by atoms with Crippen molar-refractivity contribution in [2.75, 3.05) is 26.9 Å². The van der Waals surface area contributed by atoms with Gasteiger partial charge in [-0.3, -0.25) is 4.79 Å². The minimum absolute atomic E-state index is 0.216. The van der Waals surface area contributed by atoms with Gasteiger partial charge in [0.1, 0.15) is 13.2 Å². The molecule has 0 atom stereocenters. The molecule has 6 nitrogen and oxygen atoms in total. The van der Waals surface area contributed by atoms with E-state index in [1.807, 2.05) is 18.2 Å². The van der Waals surface area contributed by atoms with E-state index in [1.165, 1.54) is 30.7 Å². The van der Waals surface area contributed by atoms with Gasteiger partial charge in [-0.15, -0.1) is 0 Å². The standard InChI is InChI=1S/C22H22O6/c1-25-19-11-17(12-20-21(19)27-9-8-26-20)22(24)28-13-18(23)16-7-6-14-4-2-3-5-15(14)10-16/h6-7,10-12H,2-5,8-9,13H2,1H3. The van der Waals surface area contributed by atoms with E-state index >= 15 is 0 Å². The van der Waals surface area contributed by atoms with Crippen LogP contribution in [0.15, 0.2) is 30.3 Å². The molecular formula is C22H22O6. The maximum atomic E-state index is 12.5. The second-order valence-corrected chi connectivity index (χ2v) is 6.89. The van der Waals surface area contributed by atoms with Crippen molar-refractivity contribution in [2.45, 2.75) is 25.7 Å². The van der Waals surface area contributed by atoms with Gasteiger partial charge in [-0.2, -0.15) is 0 Å². The Kier molecular flexibility index (Phi) is 5.19. The van der Waals surface area contributed by atoms with Crippen molar-refractivity contribution in [1.29, 1.82) is 0 Å². The third-order valence-electron chi connectivity index (χ3n) is 5.07. The number of esters is 1. The molecule has 146 valence electrons. The summed E-state index contributed by atoms with van der Waals surface area (Å²) in [5.74, 6) is 0.465. The van der Waals surface area contributed by atoms with E-state index in [2.05, 4.69) is 0 Å². The van der Waals surface area contributed by atoms with Gasteiger partial charge in [0, 0.05) is 5.56 Å². The van der Waals surface area contributed by atoms with Crippen LogP contribution in [0.2, 0.25) is 0 Å². The van der Waals surface area contributed by atoms with Crippen LogP contribution in [0.25, 0.3) is 0 Å². The lowest BCUT2D eigenvalue weighted by atomic mass is 9.90. The Bertz CT molecular complexity index is 900. The molecular weight excluding hydrogens is 360 g/mol. The number of aryl methyl sites for hydroxylation is 2. The number of hydrogen-bond donors (Lipinski definition) is 0. The normalized spacial score (nSPS) is 14.8. The molecule has 6 heteroatoms. The van der Waals surface area contributed by atoms with E-state index in [1.54, 1.807) is 6.07 Å². The van der Waals surface area contributed by atoms with Crippen molar-refractivity contribution in [3.63, 3.8) is 0 Å². The molecule has 0 saturated heterocycles. The van der Waals surface area contributed by atoms with Gasteiger partial charge in [0.15, 0.2) is 23.9 Å². The van der Waals surface area contributed by atoms with E-state index in [9.17, 15) is 9.59 Å². The molecule has 2 aliphatic rings. The summed E-state index contributed by atoms with van der Waals surface area (Å²) < 4.78 is 21.6. The average Bonchev–Trinajstić information content (AvgIpc) is 2.76. The minimum Gasteiger partial charge on any atom is -0.493 e. The molecule has 0 fully saturated rings. The molecule has 1 aliphatic carbocycles. The van der Waals surface area contributed by atoms with E-state index in [0.717, 1.165) is 19.3 Å². The lowest BCUT2D eigenvalue weighted by molar-refractivity contribution is 0.0473. The number of rotatable bonds is 5. The summed E-state index contributed by atoms with van der Waals surface area (Å²) >= 11 is 0. The lowest BCUT2D eigenvalue weighted by Gasteiger charge is -2.21. The molecule has 28 heavy (non-hydrogen) atoms. The molecule has 0 amide bonds. The number of methoxy groups -OCH3 is 1. The van der Waals surface area contributed by atoms with Gasteiger partial charge in [-0.25, -0.2) is 4.79 Å². The van der Waals surface area contributed by atoms with Crippen LogP contribution in [0.5, 0.6) is 17.2 Å². The Balaban J connectivity index is 1.45. The monoisotopic (exact) mass is 382 g/mol. The van der Waals surface area contributed by atoms with Gasteiger partial charge >= 0.3 is 5.97 Å². The Morgan fingerprint density at radius 2 is 1.75 bits per heavy atom. The third kappa shape index (κ3) is 3.67. The van der Waals surface area contributed by atoms with Crippen LogP contribution in [0, 0.1) is 0 Å². The molecule has 1 aliphatic heterocycles. The number of hydrogen-bond acceptors (Lipinski definition) is 6. The molecule has 0 bridgehead atoms. The fourth-order valence-corrected chi connectivity index (χ4v) is 3.60. The predicted molar refractivity (Wildman–Crippen MR) is 102 cm³/mol. The smallest absolute Gasteiger partial charge is 0.338 e. The second-order valence-electron chi connectivity index (χ2n) is 6.89. The molecule has 0 N–H and O–H groups in total. The van der Waals surface area contributed by atoms with Crippen molar-refractivity contribution >= 4 is 11.8 Å². The van der Waals surface area contributed by atoms with Crippen LogP contribution in [0.4, 0.5) is 0 Å². The zero-order valence-corrected chi connectivity index (χ0v) is 15.8. The summed E-state index contributed by atoms with van der Waals surface area (Å²) in [6, 6.07) is 8.82. The number of ether oxygens (including phenoxy) is 4. The highest BCUT2D eigenvalue weighted by molar-refractivity contribution is 5.99. The number of carbonyl (C=O) groups is 2. The molecule has 4 rings (SSSR count). The first-order valence-electron chi connectivity index (χ1n) is 9.45. The highest BCUT2D eigenvalue weighted by atomic mass is 16.6. The molecule has 0 radical (unpaired) electrons. The van der Waals surface area contributed by atoms with E-state index in [4.69, 9.17) is 18.9 Å². The lowest BCUT2D eigenvalue weighted by Crippen LogP contribution is -2.18. The Labute approximate surface area is 163 Å². The number of benzene rings is 2. The van der Waals surface area contributed by atoms with Crippen molar-refractivity contribution in [1.82, 2.24) is 0 Å². The van der Waals surface area contributed by atoms with Gasteiger partial charge in [0.2, 0.25) is 5.75 Å². The van der Waals surface area contributed by atoms with Crippen LogP contribution in [-0.2, 0) is 17.6 Å².